The minimum absolute atomic E-state index is 0.0229. The van der Waals surface area contributed by atoms with Crippen LogP contribution in [0.5, 0.6) is 0 Å². The van der Waals surface area contributed by atoms with Crippen molar-refractivity contribution in [1.29, 1.82) is 0 Å². The molecule has 3 N–H and O–H groups in total. The highest BCUT2D eigenvalue weighted by Gasteiger charge is 2.35. The Morgan fingerprint density at radius 1 is 1.23 bits per heavy atom. The summed E-state index contributed by atoms with van der Waals surface area (Å²) in [6.07, 6.45) is 5.82. The average molecular weight is 429 g/mol. The van der Waals surface area contributed by atoms with Crippen LogP contribution in [0.3, 0.4) is 0 Å². The Labute approximate surface area is 183 Å². The van der Waals surface area contributed by atoms with Gasteiger partial charge in [0.05, 0.1) is 12.3 Å². The molecule has 1 aromatic rings. The highest BCUT2D eigenvalue weighted by Crippen LogP contribution is 2.34. The lowest BCUT2D eigenvalue weighted by Crippen LogP contribution is -2.49. The van der Waals surface area contributed by atoms with Crippen LogP contribution in [0.2, 0.25) is 0 Å². The molecule has 1 aromatic carbocycles. The van der Waals surface area contributed by atoms with Crippen molar-refractivity contribution in [3.8, 4) is 0 Å². The Kier molecular flexibility index (Phi) is 7.82. The maximum atomic E-state index is 13.0. The van der Waals surface area contributed by atoms with Crippen LogP contribution in [0.25, 0.3) is 0 Å². The van der Waals surface area contributed by atoms with E-state index in [-0.39, 0.29) is 30.1 Å². The van der Waals surface area contributed by atoms with E-state index >= 15 is 0 Å². The molecule has 31 heavy (non-hydrogen) atoms. The summed E-state index contributed by atoms with van der Waals surface area (Å²) in [5.74, 6) is -2.00. The normalized spacial score (nSPS) is 22.4. The van der Waals surface area contributed by atoms with Gasteiger partial charge in [-0.2, -0.15) is 0 Å². The van der Waals surface area contributed by atoms with E-state index in [0.717, 1.165) is 31.4 Å². The third kappa shape index (κ3) is 6.15. The number of carboxylic acid groups (broad SMARTS) is 1. The highest BCUT2D eigenvalue weighted by molar-refractivity contribution is 5.90. The predicted octanol–water partition coefficient (Wildman–Crippen LogP) is 2.81. The van der Waals surface area contributed by atoms with Crippen molar-refractivity contribution in [3.05, 3.63) is 29.8 Å². The molecule has 2 aliphatic heterocycles. The fraction of sp³-hybridized carbons (Fsp3) is 0.583. The number of amides is 2. The maximum absolute atomic E-state index is 13.0. The smallest absolute Gasteiger partial charge is 0.304 e. The molecule has 3 atom stereocenters. The fourth-order valence-corrected chi connectivity index (χ4v) is 4.58. The molecule has 2 aliphatic rings. The minimum atomic E-state index is -1.00. The Hall–Kier alpha value is -2.70. The number of carboxylic acids is 1. The summed E-state index contributed by atoms with van der Waals surface area (Å²) in [6, 6.07) is 7.50. The van der Waals surface area contributed by atoms with Crippen molar-refractivity contribution in [2.24, 2.45) is 11.8 Å². The maximum Gasteiger partial charge on any atom is 0.304 e. The molecule has 2 amide bonds. The van der Waals surface area contributed by atoms with Crippen LogP contribution >= 0.6 is 0 Å². The lowest BCUT2D eigenvalue weighted by molar-refractivity contribution is -0.433. The summed E-state index contributed by atoms with van der Waals surface area (Å²) >= 11 is 0. The molecule has 7 nitrogen and oxygen atoms in total. The Morgan fingerprint density at radius 2 is 2.00 bits per heavy atom. The first-order valence-electron chi connectivity index (χ1n) is 11.4. The second-order valence-corrected chi connectivity index (χ2v) is 9.08. The zero-order chi connectivity index (χ0) is 22.4. The number of carbonyl (C=O) groups is 3. The number of hydrogen-bond acceptors (Lipinski definition) is 3. The van der Waals surface area contributed by atoms with Crippen LogP contribution in [0.4, 0.5) is 5.69 Å². The summed E-state index contributed by atoms with van der Waals surface area (Å²) in [6.45, 7) is 5.44. The number of aliphatic carboxylic acids is 1. The van der Waals surface area contributed by atoms with Gasteiger partial charge in [-0.3, -0.25) is 14.4 Å². The van der Waals surface area contributed by atoms with E-state index in [9.17, 15) is 19.5 Å². The molecule has 168 valence electrons. The van der Waals surface area contributed by atoms with Gasteiger partial charge in [-0.05, 0) is 31.6 Å². The topological polar surface area (TPSA) is 98.5 Å². The number of para-hydroxylation sites is 1. The number of carbonyl (C=O) groups excluding carboxylic acids is 2. The van der Waals surface area contributed by atoms with Crippen molar-refractivity contribution in [2.45, 2.75) is 64.3 Å². The Morgan fingerprint density at radius 3 is 2.74 bits per heavy atom. The van der Waals surface area contributed by atoms with E-state index in [4.69, 9.17) is 0 Å². The zero-order valence-electron chi connectivity index (χ0n) is 18.5. The molecule has 0 aromatic heterocycles. The lowest BCUT2D eigenvalue weighted by Gasteiger charge is -2.24. The third-order valence-electron chi connectivity index (χ3n) is 6.05. The van der Waals surface area contributed by atoms with Crippen molar-refractivity contribution >= 4 is 29.7 Å². The third-order valence-corrected chi connectivity index (χ3v) is 6.05. The second-order valence-electron chi connectivity index (χ2n) is 9.08. The quantitative estimate of drug-likeness (QED) is 0.607. The van der Waals surface area contributed by atoms with Crippen LogP contribution < -0.4 is 10.6 Å². The van der Waals surface area contributed by atoms with Gasteiger partial charge in [0.25, 0.3) is 0 Å². The van der Waals surface area contributed by atoms with E-state index < -0.39 is 17.9 Å². The number of nitrogens with zero attached hydrogens (tertiary/aromatic N) is 1. The molecule has 3 rings (SSSR count). The largest absolute Gasteiger partial charge is 0.481 e. The van der Waals surface area contributed by atoms with Crippen molar-refractivity contribution in [1.82, 2.24) is 10.6 Å². The Balaban J connectivity index is 1.82. The van der Waals surface area contributed by atoms with Gasteiger partial charge in [0.2, 0.25) is 17.5 Å². The molecule has 0 fully saturated rings. The van der Waals surface area contributed by atoms with Crippen molar-refractivity contribution in [3.63, 3.8) is 0 Å². The van der Waals surface area contributed by atoms with Gasteiger partial charge < -0.3 is 15.7 Å². The standard InChI is InChI=1S/C24H33N3O4/c1-16(2)12-17(14-22(28)29)23(30)26-20-13-18-15-27(21-9-5-4-8-19(18)21)11-7-3-6-10-25-24(20)31/h4-5,8-9,15-18,20H,3,6-7,10-14H2,1-2H3,(H2-,25,26,28,29,30,31)/p+1/t17-,18?,20+/m1/s1. The highest BCUT2D eigenvalue weighted by atomic mass is 16.4. The van der Waals surface area contributed by atoms with E-state index in [1.807, 2.05) is 26.0 Å². The molecular formula is C24H34N3O4+. The fourth-order valence-electron chi connectivity index (χ4n) is 4.58. The molecule has 0 radical (unpaired) electrons. The molecule has 1 unspecified atom stereocenters. The monoisotopic (exact) mass is 428 g/mol. The number of rotatable bonds is 6. The number of hydrogen-bond donors (Lipinski definition) is 3. The van der Waals surface area contributed by atoms with Gasteiger partial charge in [-0.25, -0.2) is 4.58 Å². The first-order valence-corrected chi connectivity index (χ1v) is 11.4. The molecule has 2 bridgehead atoms. The summed E-state index contributed by atoms with van der Waals surface area (Å²) < 4.78 is 2.27. The van der Waals surface area contributed by atoms with Crippen LogP contribution in [0.1, 0.15) is 63.9 Å². The van der Waals surface area contributed by atoms with Gasteiger partial charge >= 0.3 is 5.97 Å². The van der Waals surface area contributed by atoms with Gasteiger partial charge in [0, 0.05) is 30.5 Å². The van der Waals surface area contributed by atoms with E-state index in [1.54, 1.807) is 0 Å². The van der Waals surface area contributed by atoms with Crippen LogP contribution in [-0.2, 0) is 14.4 Å². The molecule has 0 saturated carbocycles. The summed E-state index contributed by atoms with van der Waals surface area (Å²) in [7, 11) is 0. The molecule has 7 heteroatoms. The van der Waals surface area contributed by atoms with E-state index in [1.165, 1.54) is 5.69 Å². The van der Waals surface area contributed by atoms with Crippen LogP contribution in [-0.4, -0.2) is 52.8 Å². The van der Waals surface area contributed by atoms with Crippen LogP contribution in [0, 0.1) is 11.8 Å². The molecule has 0 saturated heterocycles. The number of fused-ring (bicyclic) bond motifs is 4. The molecular weight excluding hydrogens is 394 g/mol. The number of benzene rings is 1. The number of nitrogens with one attached hydrogen (secondary N) is 2. The minimum Gasteiger partial charge on any atom is -0.481 e. The van der Waals surface area contributed by atoms with Gasteiger partial charge in [0.15, 0.2) is 6.21 Å². The molecule has 2 heterocycles. The predicted molar refractivity (Wildman–Crippen MR) is 119 cm³/mol. The van der Waals surface area contributed by atoms with Gasteiger partial charge in [-0.15, -0.1) is 0 Å². The lowest BCUT2D eigenvalue weighted by atomic mass is 9.91. The summed E-state index contributed by atoms with van der Waals surface area (Å²) in [5, 5.41) is 15.1. The molecule has 0 aliphatic carbocycles. The summed E-state index contributed by atoms with van der Waals surface area (Å²) in [5.41, 5.74) is 2.33. The van der Waals surface area contributed by atoms with E-state index in [2.05, 4.69) is 33.6 Å². The van der Waals surface area contributed by atoms with Gasteiger partial charge in [0.1, 0.15) is 12.6 Å². The Bertz CT molecular complexity index is 849. The first kappa shape index (κ1) is 23.0. The SMILES string of the molecule is CC(C)C[C@H](CC(=O)O)C(=O)N[C@H]1CC2C=[N+](CCCCCNC1=O)c1ccccc12. The van der Waals surface area contributed by atoms with Crippen molar-refractivity contribution in [2.75, 3.05) is 13.1 Å². The van der Waals surface area contributed by atoms with Crippen LogP contribution in [0.15, 0.2) is 24.3 Å². The zero-order valence-corrected chi connectivity index (χ0v) is 18.5. The van der Waals surface area contributed by atoms with E-state index in [0.29, 0.717) is 19.4 Å². The van der Waals surface area contributed by atoms with Gasteiger partial charge in [-0.1, -0.05) is 32.0 Å². The van der Waals surface area contributed by atoms with Crippen molar-refractivity contribution < 1.29 is 24.1 Å². The molecule has 0 spiro atoms. The summed E-state index contributed by atoms with van der Waals surface area (Å²) in [4.78, 5) is 37.2. The average Bonchev–Trinajstić information content (AvgIpc) is 3.05. The second kappa shape index (κ2) is 10.6. The first-order chi connectivity index (χ1) is 14.8.